The summed E-state index contributed by atoms with van der Waals surface area (Å²) in [7, 11) is 0. The van der Waals surface area contributed by atoms with Crippen LogP contribution < -0.4 is 9.47 Å². The summed E-state index contributed by atoms with van der Waals surface area (Å²) in [6, 6.07) is 7.91. The molecule has 3 rings (SSSR count). The summed E-state index contributed by atoms with van der Waals surface area (Å²) in [5.74, 6) is 1.92. The number of carbonyl (C=O) groups excluding carboxylic acids is 1. The molecule has 1 saturated carbocycles. The lowest BCUT2D eigenvalue weighted by atomic mass is 10.1. The zero-order valence-electron chi connectivity index (χ0n) is 12.0. The van der Waals surface area contributed by atoms with E-state index in [1.54, 1.807) is 0 Å². The number of para-hydroxylation sites is 2. The summed E-state index contributed by atoms with van der Waals surface area (Å²) in [6.45, 7) is 5.37. The quantitative estimate of drug-likeness (QED) is 0.847. The van der Waals surface area contributed by atoms with E-state index in [0.29, 0.717) is 24.3 Å². The number of ether oxygens (including phenoxy) is 2. The predicted molar refractivity (Wildman–Crippen MR) is 75.9 cm³/mol. The van der Waals surface area contributed by atoms with Crippen LogP contribution in [0.4, 0.5) is 0 Å². The van der Waals surface area contributed by atoms with Crippen molar-refractivity contribution in [2.45, 2.75) is 38.8 Å². The highest BCUT2D eigenvalue weighted by atomic mass is 16.6. The zero-order chi connectivity index (χ0) is 14.1. The lowest BCUT2D eigenvalue weighted by Crippen LogP contribution is -2.48. The molecule has 4 heteroatoms. The van der Waals surface area contributed by atoms with Crippen LogP contribution in [0.25, 0.3) is 0 Å². The molecule has 0 radical (unpaired) electrons. The third-order valence-corrected chi connectivity index (χ3v) is 3.62. The van der Waals surface area contributed by atoms with Crippen molar-refractivity contribution >= 4 is 5.91 Å². The van der Waals surface area contributed by atoms with E-state index in [1.807, 2.05) is 29.2 Å². The zero-order valence-corrected chi connectivity index (χ0v) is 12.0. The second kappa shape index (κ2) is 5.35. The maximum absolute atomic E-state index is 12.6. The molecule has 1 aromatic carbocycles. The number of hydrogen-bond donors (Lipinski definition) is 0. The van der Waals surface area contributed by atoms with Gasteiger partial charge in [-0.05, 0) is 30.9 Å². The van der Waals surface area contributed by atoms with Gasteiger partial charge in [-0.25, -0.2) is 0 Å². The van der Waals surface area contributed by atoms with Gasteiger partial charge in [0.1, 0.15) is 6.61 Å². The molecule has 20 heavy (non-hydrogen) atoms. The van der Waals surface area contributed by atoms with Crippen LogP contribution in [0.15, 0.2) is 24.3 Å². The molecular weight excluding hydrogens is 254 g/mol. The van der Waals surface area contributed by atoms with Crippen molar-refractivity contribution in [3.8, 4) is 11.5 Å². The number of fused-ring (bicyclic) bond motifs is 1. The second-order valence-electron chi connectivity index (χ2n) is 5.98. The molecule has 0 saturated heterocycles. The molecule has 2 aliphatic rings. The van der Waals surface area contributed by atoms with E-state index in [2.05, 4.69) is 13.8 Å². The largest absolute Gasteiger partial charge is 0.485 e. The van der Waals surface area contributed by atoms with Crippen LogP contribution in [-0.2, 0) is 4.79 Å². The van der Waals surface area contributed by atoms with Crippen molar-refractivity contribution in [3.05, 3.63) is 24.3 Å². The third kappa shape index (κ3) is 2.74. The molecule has 0 spiro atoms. The van der Waals surface area contributed by atoms with Gasteiger partial charge >= 0.3 is 0 Å². The van der Waals surface area contributed by atoms with Crippen LogP contribution >= 0.6 is 0 Å². The van der Waals surface area contributed by atoms with Gasteiger partial charge in [0.15, 0.2) is 11.5 Å². The fraction of sp³-hybridized carbons (Fsp3) is 0.562. The smallest absolute Gasteiger partial charge is 0.267 e. The van der Waals surface area contributed by atoms with Crippen LogP contribution in [0.2, 0.25) is 0 Å². The average Bonchev–Trinajstić information content (AvgIpc) is 3.28. The number of amides is 1. The molecule has 1 fully saturated rings. The first-order valence-electron chi connectivity index (χ1n) is 7.34. The first-order chi connectivity index (χ1) is 9.65. The van der Waals surface area contributed by atoms with Crippen LogP contribution in [0.3, 0.4) is 0 Å². The van der Waals surface area contributed by atoms with E-state index in [-0.39, 0.29) is 5.91 Å². The van der Waals surface area contributed by atoms with Crippen molar-refractivity contribution in [3.63, 3.8) is 0 Å². The summed E-state index contributed by atoms with van der Waals surface area (Å²) in [6.07, 6.45) is 1.72. The van der Waals surface area contributed by atoms with E-state index < -0.39 is 6.10 Å². The molecule has 1 aromatic rings. The van der Waals surface area contributed by atoms with E-state index in [4.69, 9.17) is 9.47 Å². The summed E-state index contributed by atoms with van der Waals surface area (Å²) < 4.78 is 11.5. The first kappa shape index (κ1) is 13.3. The number of benzene rings is 1. The number of rotatable bonds is 4. The summed E-state index contributed by atoms with van der Waals surface area (Å²) >= 11 is 0. The lowest BCUT2D eigenvalue weighted by molar-refractivity contribution is -0.142. The Morgan fingerprint density at radius 2 is 2.00 bits per heavy atom. The van der Waals surface area contributed by atoms with Crippen molar-refractivity contribution in [2.75, 3.05) is 13.2 Å². The molecule has 1 aliphatic heterocycles. The van der Waals surface area contributed by atoms with Crippen molar-refractivity contribution in [1.29, 1.82) is 0 Å². The Labute approximate surface area is 119 Å². The minimum Gasteiger partial charge on any atom is -0.485 e. The van der Waals surface area contributed by atoms with E-state index in [1.165, 1.54) is 0 Å². The normalized spacial score (nSPS) is 20.9. The molecule has 4 nitrogen and oxygen atoms in total. The Hall–Kier alpha value is -1.71. The predicted octanol–water partition coefficient (Wildman–Crippen LogP) is 2.47. The SMILES string of the molecule is CC(C)CN(C(=O)C1COc2ccccc2O1)C1CC1. The van der Waals surface area contributed by atoms with Crippen LogP contribution in [0.5, 0.6) is 11.5 Å². The van der Waals surface area contributed by atoms with Crippen LogP contribution in [-0.4, -0.2) is 36.1 Å². The maximum Gasteiger partial charge on any atom is 0.267 e. The van der Waals surface area contributed by atoms with Crippen molar-refractivity contribution in [2.24, 2.45) is 5.92 Å². The summed E-state index contributed by atoms with van der Waals surface area (Å²) in [5, 5.41) is 0. The average molecular weight is 275 g/mol. The minimum absolute atomic E-state index is 0.0655. The lowest BCUT2D eigenvalue weighted by Gasteiger charge is -2.31. The van der Waals surface area contributed by atoms with Crippen molar-refractivity contribution < 1.29 is 14.3 Å². The molecular formula is C16H21NO3. The molecule has 1 amide bonds. The van der Waals surface area contributed by atoms with Gasteiger partial charge in [0, 0.05) is 12.6 Å². The van der Waals surface area contributed by atoms with Gasteiger partial charge < -0.3 is 14.4 Å². The molecule has 108 valence electrons. The standard InChI is InChI=1S/C16H21NO3/c1-11(2)9-17(12-7-8-12)16(18)15-10-19-13-5-3-4-6-14(13)20-15/h3-6,11-12,15H,7-10H2,1-2H3. The topological polar surface area (TPSA) is 38.8 Å². The Morgan fingerprint density at radius 1 is 1.30 bits per heavy atom. The number of carbonyl (C=O) groups is 1. The van der Waals surface area contributed by atoms with Gasteiger partial charge in [-0.1, -0.05) is 26.0 Å². The van der Waals surface area contributed by atoms with Gasteiger partial charge in [0.05, 0.1) is 0 Å². The van der Waals surface area contributed by atoms with Gasteiger partial charge in [0.2, 0.25) is 6.10 Å². The Bertz CT molecular complexity index is 496. The molecule has 0 aromatic heterocycles. The molecule has 1 unspecified atom stereocenters. The minimum atomic E-state index is -0.510. The van der Waals surface area contributed by atoms with Crippen molar-refractivity contribution in [1.82, 2.24) is 4.90 Å². The van der Waals surface area contributed by atoms with Crippen LogP contribution in [0, 0.1) is 5.92 Å². The van der Waals surface area contributed by atoms with E-state index in [0.717, 1.165) is 25.1 Å². The Morgan fingerprint density at radius 3 is 2.65 bits per heavy atom. The summed E-state index contributed by atoms with van der Waals surface area (Å²) in [5.41, 5.74) is 0. The summed E-state index contributed by atoms with van der Waals surface area (Å²) in [4.78, 5) is 14.6. The highest BCUT2D eigenvalue weighted by Crippen LogP contribution is 2.33. The molecule has 1 heterocycles. The Kier molecular flexibility index (Phi) is 3.55. The fourth-order valence-corrected chi connectivity index (χ4v) is 2.52. The second-order valence-corrected chi connectivity index (χ2v) is 5.98. The highest BCUT2D eigenvalue weighted by molar-refractivity contribution is 5.82. The van der Waals surface area contributed by atoms with Gasteiger partial charge in [0.25, 0.3) is 5.91 Å². The van der Waals surface area contributed by atoms with Gasteiger partial charge in [-0.3, -0.25) is 4.79 Å². The number of hydrogen-bond acceptors (Lipinski definition) is 3. The fourth-order valence-electron chi connectivity index (χ4n) is 2.52. The molecule has 1 atom stereocenters. The number of nitrogens with zero attached hydrogens (tertiary/aromatic N) is 1. The maximum atomic E-state index is 12.6. The molecule has 0 bridgehead atoms. The van der Waals surface area contributed by atoms with E-state index in [9.17, 15) is 4.79 Å². The van der Waals surface area contributed by atoms with E-state index >= 15 is 0 Å². The van der Waals surface area contributed by atoms with Gasteiger partial charge in [-0.2, -0.15) is 0 Å². The van der Waals surface area contributed by atoms with Gasteiger partial charge in [-0.15, -0.1) is 0 Å². The third-order valence-electron chi connectivity index (χ3n) is 3.62. The first-order valence-corrected chi connectivity index (χ1v) is 7.34. The monoisotopic (exact) mass is 275 g/mol. The van der Waals surface area contributed by atoms with Crippen LogP contribution in [0.1, 0.15) is 26.7 Å². The molecule has 1 aliphatic carbocycles. The highest BCUT2D eigenvalue weighted by Gasteiger charge is 2.38. The Balaban J connectivity index is 1.71. The molecule has 0 N–H and O–H groups in total.